The van der Waals surface area contributed by atoms with E-state index in [4.69, 9.17) is 25.8 Å². The lowest BCUT2D eigenvalue weighted by Gasteiger charge is -2.32. The molecule has 10 nitrogen and oxygen atoms in total. The summed E-state index contributed by atoms with van der Waals surface area (Å²) in [4.78, 5) is 28.8. The van der Waals surface area contributed by atoms with Crippen molar-refractivity contribution in [3.05, 3.63) is 77.3 Å². The van der Waals surface area contributed by atoms with Crippen molar-refractivity contribution in [2.24, 2.45) is 0 Å². The van der Waals surface area contributed by atoms with E-state index >= 15 is 0 Å². The number of anilines is 1. The molecule has 0 saturated heterocycles. The second-order valence-electron chi connectivity index (χ2n) is 10.5. The third-order valence-electron chi connectivity index (χ3n) is 7.72. The number of carbonyl (C=O) groups excluding carboxylic acids is 2. The van der Waals surface area contributed by atoms with Crippen LogP contribution in [0.3, 0.4) is 0 Å². The van der Waals surface area contributed by atoms with E-state index in [0.717, 1.165) is 35.6 Å². The predicted molar refractivity (Wildman–Crippen MR) is 169 cm³/mol. The minimum absolute atomic E-state index is 0.0545. The average molecular weight is 644 g/mol. The molecule has 2 amide bonds. The molecule has 236 valence electrons. The van der Waals surface area contributed by atoms with Crippen molar-refractivity contribution < 1.29 is 32.2 Å². The summed E-state index contributed by atoms with van der Waals surface area (Å²) in [5.74, 6) is 0.365. The number of nitrogens with one attached hydrogen (secondary N) is 1. The molecular formula is C32H38ClN3O7S. The van der Waals surface area contributed by atoms with Crippen LogP contribution in [0.2, 0.25) is 5.02 Å². The van der Waals surface area contributed by atoms with E-state index < -0.39 is 28.5 Å². The van der Waals surface area contributed by atoms with Gasteiger partial charge in [-0.05, 0) is 73.9 Å². The van der Waals surface area contributed by atoms with Gasteiger partial charge in [0, 0.05) is 23.7 Å². The zero-order valence-electron chi connectivity index (χ0n) is 25.3. The first-order valence-electron chi connectivity index (χ1n) is 14.3. The summed E-state index contributed by atoms with van der Waals surface area (Å²) in [6.45, 7) is 1.16. The molecule has 3 aromatic carbocycles. The highest BCUT2D eigenvalue weighted by atomic mass is 35.5. The van der Waals surface area contributed by atoms with Gasteiger partial charge in [-0.3, -0.25) is 13.9 Å². The number of ether oxygens (including phenoxy) is 3. The van der Waals surface area contributed by atoms with Crippen molar-refractivity contribution in [2.75, 3.05) is 32.2 Å². The lowest BCUT2D eigenvalue weighted by atomic mass is 10.1. The van der Waals surface area contributed by atoms with Gasteiger partial charge >= 0.3 is 0 Å². The number of hydrogen-bond donors (Lipinski definition) is 1. The van der Waals surface area contributed by atoms with Gasteiger partial charge in [-0.1, -0.05) is 36.6 Å². The highest BCUT2D eigenvalue weighted by molar-refractivity contribution is 7.92. The first kappa shape index (κ1) is 32.9. The quantitative estimate of drug-likeness (QED) is 0.278. The Morgan fingerprint density at radius 2 is 1.55 bits per heavy atom. The number of nitrogens with zero attached hydrogens (tertiary/aromatic N) is 2. The van der Waals surface area contributed by atoms with Crippen LogP contribution in [0, 0.1) is 0 Å². The van der Waals surface area contributed by atoms with Crippen LogP contribution in [0.4, 0.5) is 5.69 Å². The van der Waals surface area contributed by atoms with E-state index in [0.29, 0.717) is 16.5 Å². The van der Waals surface area contributed by atoms with Crippen molar-refractivity contribution in [1.82, 2.24) is 10.2 Å². The SMILES string of the molecule is COc1ccc(CN(C(=O)CN(c2ccc(Cl)cc2)S(=O)(=O)c2ccc(OC)c(OC)c2)[C@@H](C)C(=O)NC2CCCC2)cc1. The van der Waals surface area contributed by atoms with Crippen LogP contribution in [0.1, 0.15) is 38.2 Å². The van der Waals surface area contributed by atoms with Crippen LogP contribution >= 0.6 is 11.6 Å². The Balaban J connectivity index is 1.71. The van der Waals surface area contributed by atoms with Gasteiger partial charge in [0.05, 0.1) is 31.9 Å². The van der Waals surface area contributed by atoms with Crippen LogP contribution in [0.15, 0.2) is 71.6 Å². The van der Waals surface area contributed by atoms with E-state index in [1.165, 1.54) is 49.5 Å². The Labute approximate surface area is 263 Å². The molecule has 4 rings (SSSR count). The van der Waals surface area contributed by atoms with Gasteiger partial charge in [-0.25, -0.2) is 8.42 Å². The third kappa shape index (κ3) is 7.75. The molecule has 44 heavy (non-hydrogen) atoms. The lowest BCUT2D eigenvalue weighted by Crippen LogP contribution is -2.52. The van der Waals surface area contributed by atoms with Crippen molar-refractivity contribution in [3.63, 3.8) is 0 Å². The number of amides is 2. The van der Waals surface area contributed by atoms with E-state index in [-0.39, 0.29) is 34.8 Å². The molecule has 1 N–H and O–H groups in total. The first-order chi connectivity index (χ1) is 21.1. The summed E-state index contributed by atoms with van der Waals surface area (Å²) in [6.07, 6.45) is 3.85. The molecule has 0 radical (unpaired) electrons. The monoisotopic (exact) mass is 643 g/mol. The number of halogens is 1. The fourth-order valence-corrected chi connectivity index (χ4v) is 6.70. The molecule has 0 aliphatic heterocycles. The van der Waals surface area contributed by atoms with Crippen LogP contribution in [-0.2, 0) is 26.2 Å². The molecule has 1 aliphatic rings. The predicted octanol–water partition coefficient (Wildman–Crippen LogP) is 5.04. The molecule has 0 bridgehead atoms. The van der Waals surface area contributed by atoms with E-state index in [1.807, 2.05) is 0 Å². The fourth-order valence-electron chi connectivity index (χ4n) is 5.14. The van der Waals surface area contributed by atoms with Crippen LogP contribution in [0.25, 0.3) is 0 Å². The van der Waals surface area contributed by atoms with Gasteiger partial charge in [0.25, 0.3) is 10.0 Å². The second kappa shape index (κ2) is 14.7. The molecular weight excluding hydrogens is 606 g/mol. The largest absolute Gasteiger partial charge is 0.497 e. The van der Waals surface area contributed by atoms with Crippen LogP contribution in [-0.4, -0.2) is 65.1 Å². The summed E-state index contributed by atoms with van der Waals surface area (Å²) in [6, 6.07) is 16.7. The van der Waals surface area contributed by atoms with Crippen molar-refractivity contribution in [2.45, 2.75) is 56.1 Å². The highest BCUT2D eigenvalue weighted by Gasteiger charge is 2.34. The molecule has 12 heteroatoms. The second-order valence-corrected chi connectivity index (χ2v) is 12.8. The Hall–Kier alpha value is -3.96. The lowest BCUT2D eigenvalue weighted by molar-refractivity contribution is -0.139. The number of methoxy groups -OCH3 is 3. The zero-order chi connectivity index (χ0) is 31.9. The van der Waals surface area contributed by atoms with Crippen molar-refractivity contribution >= 4 is 39.1 Å². The molecule has 1 aliphatic carbocycles. The van der Waals surface area contributed by atoms with Gasteiger partial charge in [-0.2, -0.15) is 0 Å². The maximum absolute atomic E-state index is 14.2. The third-order valence-corrected chi connectivity index (χ3v) is 9.74. The summed E-state index contributed by atoms with van der Waals surface area (Å²) in [5, 5.41) is 3.47. The number of hydrogen-bond acceptors (Lipinski definition) is 7. The van der Waals surface area contributed by atoms with Gasteiger partial charge in [0.15, 0.2) is 11.5 Å². The molecule has 0 unspecified atom stereocenters. The van der Waals surface area contributed by atoms with Crippen molar-refractivity contribution in [1.29, 1.82) is 0 Å². The number of benzene rings is 3. The molecule has 1 fully saturated rings. The van der Waals surface area contributed by atoms with E-state index in [1.54, 1.807) is 50.4 Å². The van der Waals surface area contributed by atoms with Crippen LogP contribution in [0.5, 0.6) is 17.2 Å². The first-order valence-corrected chi connectivity index (χ1v) is 16.1. The minimum Gasteiger partial charge on any atom is -0.497 e. The maximum Gasteiger partial charge on any atom is 0.264 e. The maximum atomic E-state index is 14.2. The van der Waals surface area contributed by atoms with Crippen molar-refractivity contribution in [3.8, 4) is 17.2 Å². The Morgan fingerprint density at radius 1 is 0.909 bits per heavy atom. The molecule has 3 aromatic rings. The normalized spacial score (nSPS) is 14.0. The Bertz CT molecular complexity index is 1540. The highest BCUT2D eigenvalue weighted by Crippen LogP contribution is 2.33. The molecule has 0 aromatic heterocycles. The average Bonchev–Trinajstić information content (AvgIpc) is 3.55. The van der Waals surface area contributed by atoms with E-state index in [9.17, 15) is 18.0 Å². The number of sulfonamides is 1. The number of rotatable bonds is 13. The summed E-state index contributed by atoms with van der Waals surface area (Å²) < 4.78 is 45.2. The molecule has 0 spiro atoms. The minimum atomic E-state index is -4.31. The van der Waals surface area contributed by atoms with Crippen LogP contribution < -0.4 is 23.8 Å². The fraction of sp³-hybridized carbons (Fsp3) is 0.375. The number of carbonyl (C=O) groups is 2. The molecule has 1 saturated carbocycles. The Morgan fingerprint density at radius 3 is 2.14 bits per heavy atom. The summed E-state index contributed by atoms with van der Waals surface area (Å²) in [5.41, 5.74) is 0.977. The topological polar surface area (TPSA) is 114 Å². The van der Waals surface area contributed by atoms with E-state index in [2.05, 4.69) is 5.32 Å². The molecule has 1 atom stereocenters. The smallest absolute Gasteiger partial charge is 0.264 e. The summed E-state index contributed by atoms with van der Waals surface area (Å²) in [7, 11) is 0.108. The standard InChI is InChI=1S/C32H38ClN3O7S/c1-22(32(38)34-25-7-5-6-8-25)35(20-23-9-15-27(41-2)16-10-23)31(37)21-36(26-13-11-24(33)12-14-26)44(39,40)28-17-18-29(42-3)30(19-28)43-4/h9-19,22,25H,5-8,20-21H2,1-4H3,(H,34,38)/t22-/m0/s1. The molecule has 0 heterocycles. The van der Waals surface area contributed by atoms with Gasteiger partial charge in [0.1, 0.15) is 18.3 Å². The Kier molecular flexibility index (Phi) is 11.0. The van der Waals surface area contributed by atoms with Gasteiger partial charge < -0.3 is 24.4 Å². The van der Waals surface area contributed by atoms with Gasteiger partial charge in [0.2, 0.25) is 11.8 Å². The summed E-state index contributed by atoms with van der Waals surface area (Å²) >= 11 is 6.11. The van der Waals surface area contributed by atoms with Gasteiger partial charge in [-0.15, -0.1) is 0 Å². The zero-order valence-corrected chi connectivity index (χ0v) is 26.9.